The van der Waals surface area contributed by atoms with Crippen LogP contribution in [-0.2, 0) is 9.53 Å². The monoisotopic (exact) mass is 266 g/mol. The number of allylic oxidation sites excluding steroid dienone is 1. The number of hydrogen-bond donors (Lipinski definition) is 1. The average Bonchev–Trinajstić information content (AvgIpc) is 2.26. The Morgan fingerprint density at radius 2 is 2.22 bits per heavy atom. The molecule has 1 N–H and O–H groups in total. The number of ether oxygens (including phenoxy) is 1. The van der Waals surface area contributed by atoms with E-state index in [1.165, 1.54) is 7.11 Å². The van der Waals surface area contributed by atoms with E-state index in [1.54, 1.807) is 0 Å². The van der Waals surface area contributed by atoms with Gasteiger partial charge in [-0.05, 0) is 12.8 Å². The Balaban J connectivity index is 2.73. The third-order valence-electron chi connectivity index (χ3n) is 2.78. The topological polar surface area (TPSA) is 46.5 Å². The molecule has 0 aromatic carbocycles. The van der Waals surface area contributed by atoms with E-state index in [0.29, 0.717) is 12.8 Å². The molecule has 0 fully saturated rings. The summed E-state index contributed by atoms with van der Waals surface area (Å²) in [6.45, 7) is 6.45. The van der Waals surface area contributed by atoms with E-state index < -0.39 is 13.7 Å². The van der Waals surface area contributed by atoms with Crippen LogP contribution in [0.3, 0.4) is 0 Å². The number of methoxy groups -OCH3 is 1. The van der Waals surface area contributed by atoms with Gasteiger partial charge in [0.2, 0.25) is 0 Å². The lowest BCUT2D eigenvalue weighted by atomic mass is 9.84. The highest BCUT2D eigenvalue weighted by atomic mass is 28.3. The van der Waals surface area contributed by atoms with Gasteiger partial charge in [-0.15, -0.1) is 5.54 Å². The van der Waals surface area contributed by atoms with E-state index >= 15 is 0 Å². The molecule has 1 rings (SSSR count). The molecule has 100 valence electrons. The van der Waals surface area contributed by atoms with Crippen LogP contribution in [0.25, 0.3) is 0 Å². The van der Waals surface area contributed by atoms with Crippen molar-refractivity contribution in [1.29, 1.82) is 0 Å². The van der Waals surface area contributed by atoms with Crippen LogP contribution in [0.2, 0.25) is 19.6 Å². The predicted octanol–water partition coefficient (Wildman–Crippen LogP) is 2.27. The SMILES string of the molecule is COC(=O)CC1=CCCC(O)(C#C[Si](C)(C)C)C1. The summed E-state index contributed by atoms with van der Waals surface area (Å²) in [5.41, 5.74) is 3.19. The van der Waals surface area contributed by atoms with E-state index in [1.807, 2.05) is 6.08 Å². The highest BCUT2D eigenvalue weighted by Crippen LogP contribution is 2.29. The Hall–Kier alpha value is -1.05. The Morgan fingerprint density at radius 1 is 1.56 bits per heavy atom. The third-order valence-corrected chi connectivity index (χ3v) is 3.65. The molecule has 1 unspecified atom stereocenters. The highest BCUT2D eigenvalue weighted by molar-refractivity contribution is 6.83. The Morgan fingerprint density at radius 3 is 2.78 bits per heavy atom. The molecule has 0 aliphatic heterocycles. The summed E-state index contributed by atoms with van der Waals surface area (Å²) in [6, 6.07) is 0. The largest absolute Gasteiger partial charge is 0.469 e. The Bertz CT molecular complexity index is 409. The first-order valence-electron chi connectivity index (χ1n) is 6.25. The van der Waals surface area contributed by atoms with E-state index in [-0.39, 0.29) is 12.4 Å². The second kappa shape index (κ2) is 5.72. The molecule has 0 heterocycles. The molecular weight excluding hydrogens is 244 g/mol. The summed E-state index contributed by atoms with van der Waals surface area (Å²) in [6.07, 6.45) is 4.15. The number of esters is 1. The van der Waals surface area contributed by atoms with Gasteiger partial charge in [-0.3, -0.25) is 4.79 Å². The van der Waals surface area contributed by atoms with Crippen molar-refractivity contribution in [3.05, 3.63) is 11.6 Å². The van der Waals surface area contributed by atoms with Gasteiger partial charge in [-0.25, -0.2) is 0 Å². The van der Waals surface area contributed by atoms with E-state index in [4.69, 9.17) is 0 Å². The van der Waals surface area contributed by atoms with Crippen molar-refractivity contribution in [2.75, 3.05) is 7.11 Å². The van der Waals surface area contributed by atoms with Crippen molar-refractivity contribution >= 4 is 14.0 Å². The fourth-order valence-corrected chi connectivity index (χ4v) is 2.46. The zero-order valence-corrected chi connectivity index (χ0v) is 12.7. The average molecular weight is 266 g/mol. The maximum Gasteiger partial charge on any atom is 0.309 e. The zero-order chi connectivity index (χ0) is 13.8. The first kappa shape index (κ1) is 15.0. The molecule has 0 saturated heterocycles. The van der Waals surface area contributed by atoms with Gasteiger partial charge in [0.1, 0.15) is 13.7 Å². The highest BCUT2D eigenvalue weighted by Gasteiger charge is 2.29. The minimum atomic E-state index is -1.48. The van der Waals surface area contributed by atoms with E-state index in [9.17, 15) is 9.90 Å². The fourth-order valence-electron chi connectivity index (χ4n) is 1.85. The number of carbonyl (C=O) groups is 1. The van der Waals surface area contributed by atoms with Gasteiger partial charge in [0.15, 0.2) is 0 Å². The molecule has 0 radical (unpaired) electrons. The molecule has 18 heavy (non-hydrogen) atoms. The molecule has 0 saturated carbocycles. The normalized spacial score (nSPS) is 23.7. The van der Waals surface area contributed by atoms with Gasteiger partial charge in [0.25, 0.3) is 0 Å². The maximum atomic E-state index is 11.2. The van der Waals surface area contributed by atoms with Crippen molar-refractivity contribution in [3.63, 3.8) is 0 Å². The van der Waals surface area contributed by atoms with Gasteiger partial charge in [-0.2, -0.15) is 0 Å². The smallest absolute Gasteiger partial charge is 0.309 e. The van der Waals surface area contributed by atoms with E-state index in [2.05, 4.69) is 35.8 Å². The van der Waals surface area contributed by atoms with Gasteiger partial charge in [0.05, 0.1) is 13.5 Å². The van der Waals surface area contributed by atoms with Crippen LogP contribution in [-0.4, -0.2) is 31.9 Å². The molecule has 4 heteroatoms. The van der Waals surface area contributed by atoms with Gasteiger partial charge in [0, 0.05) is 6.42 Å². The molecule has 1 aliphatic rings. The quantitative estimate of drug-likeness (QED) is 0.361. The van der Waals surface area contributed by atoms with Crippen molar-refractivity contribution < 1.29 is 14.6 Å². The number of aliphatic hydroxyl groups is 1. The summed E-state index contributed by atoms with van der Waals surface area (Å²) >= 11 is 0. The molecule has 1 aliphatic carbocycles. The molecule has 0 spiro atoms. The zero-order valence-electron chi connectivity index (χ0n) is 11.7. The van der Waals surface area contributed by atoms with Gasteiger partial charge >= 0.3 is 5.97 Å². The molecular formula is C14H22O3Si. The number of rotatable bonds is 2. The first-order valence-corrected chi connectivity index (χ1v) is 9.75. The van der Waals surface area contributed by atoms with Crippen LogP contribution in [0.4, 0.5) is 0 Å². The predicted molar refractivity (Wildman–Crippen MR) is 74.6 cm³/mol. The van der Waals surface area contributed by atoms with Crippen molar-refractivity contribution in [3.8, 4) is 11.5 Å². The standard InChI is InChI=1S/C14H22O3Si/c1-17-13(15)10-12-6-5-7-14(16,11-12)8-9-18(2,3)4/h6,16H,5,7,10-11H2,1-4H3. The van der Waals surface area contributed by atoms with Crippen molar-refractivity contribution in [2.24, 2.45) is 0 Å². The van der Waals surface area contributed by atoms with E-state index in [0.717, 1.165) is 12.0 Å². The Labute approximate surface area is 110 Å². The van der Waals surface area contributed by atoms with Crippen LogP contribution < -0.4 is 0 Å². The maximum absolute atomic E-state index is 11.2. The minimum absolute atomic E-state index is 0.257. The molecule has 0 amide bonds. The first-order chi connectivity index (χ1) is 8.24. The Kier molecular flexibility index (Phi) is 4.77. The van der Waals surface area contributed by atoms with Crippen LogP contribution >= 0.6 is 0 Å². The van der Waals surface area contributed by atoms with Crippen LogP contribution in [0.15, 0.2) is 11.6 Å². The second-order valence-corrected chi connectivity index (χ2v) is 10.6. The molecule has 0 aromatic rings. The van der Waals surface area contributed by atoms with Crippen LogP contribution in [0.5, 0.6) is 0 Å². The minimum Gasteiger partial charge on any atom is -0.469 e. The summed E-state index contributed by atoms with van der Waals surface area (Å²) in [5.74, 6) is 2.77. The summed E-state index contributed by atoms with van der Waals surface area (Å²) in [4.78, 5) is 11.2. The molecule has 3 nitrogen and oxygen atoms in total. The number of carbonyl (C=O) groups excluding carboxylic acids is 1. The second-order valence-electron chi connectivity index (χ2n) is 5.86. The van der Waals surface area contributed by atoms with Crippen LogP contribution in [0, 0.1) is 11.5 Å². The summed E-state index contributed by atoms with van der Waals surface area (Å²) < 4.78 is 4.64. The van der Waals surface area contributed by atoms with Crippen molar-refractivity contribution in [1.82, 2.24) is 0 Å². The molecule has 0 aromatic heterocycles. The van der Waals surface area contributed by atoms with Gasteiger partial charge < -0.3 is 9.84 Å². The van der Waals surface area contributed by atoms with Crippen LogP contribution in [0.1, 0.15) is 25.7 Å². The van der Waals surface area contributed by atoms with Gasteiger partial charge in [-0.1, -0.05) is 37.2 Å². The lowest BCUT2D eigenvalue weighted by Crippen LogP contribution is -2.31. The van der Waals surface area contributed by atoms with Crippen molar-refractivity contribution in [2.45, 2.75) is 50.9 Å². The molecule has 0 bridgehead atoms. The lowest BCUT2D eigenvalue weighted by molar-refractivity contribution is -0.139. The fraction of sp³-hybridized carbons (Fsp3) is 0.643. The molecule has 1 atom stereocenters. The summed E-state index contributed by atoms with van der Waals surface area (Å²) in [5, 5.41) is 10.4. The number of hydrogen-bond acceptors (Lipinski definition) is 3. The summed E-state index contributed by atoms with van der Waals surface area (Å²) in [7, 11) is -0.103. The third kappa shape index (κ3) is 5.07. The lowest BCUT2D eigenvalue weighted by Gasteiger charge is -2.27.